The zero-order valence-electron chi connectivity index (χ0n) is 9.88. The largest absolute Gasteiger partial charge is 0.365 e. The highest BCUT2D eigenvalue weighted by Gasteiger charge is 2.28. The van der Waals surface area contributed by atoms with Gasteiger partial charge in [0.05, 0.1) is 21.7 Å². The van der Waals surface area contributed by atoms with Crippen molar-refractivity contribution >= 4 is 37.2 Å². The lowest BCUT2D eigenvalue weighted by Crippen LogP contribution is -2.21. The molecule has 0 spiro atoms. The van der Waals surface area contributed by atoms with Crippen molar-refractivity contribution in [2.75, 3.05) is 16.8 Å². The minimum absolute atomic E-state index is 0.0319. The van der Waals surface area contributed by atoms with Crippen molar-refractivity contribution in [3.8, 4) is 0 Å². The van der Waals surface area contributed by atoms with Gasteiger partial charge >= 0.3 is 0 Å². The average molecular weight is 283 g/mol. The molecule has 18 heavy (non-hydrogen) atoms. The second kappa shape index (κ2) is 4.17. The highest BCUT2D eigenvalue weighted by molar-refractivity contribution is 7.91. The maximum Gasteiger partial charge on any atom is 0.152 e. The fourth-order valence-corrected chi connectivity index (χ4v) is 4.80. The summed E-state index contributed by atoms with van der Waals surface area (Å²) in [5.74, 6) is 1.21. The molecule has 0 aromatic carbocycles. The number of nitrogens with zero attached hydrogens (tertiary/aromatic N) is 2. The first kappa shape index (κ1) is 11.9. The first-order valence-corrected chi connectivity index (χ1v) is 8.41. The Bertz CT molecular complexity index is 693. The molecule has 0 radical (unpaired) electrons. The first-order chi connectivity index (χ1) is 8.55. The van der Waals surface area contributed by atoms with Crippen LogP contribution in [0.1, 0.15) is 12.0 Å². The summed E-state index contributed by atoms with van der Waals surface area (Å²) in [6.07, 6.45) is 2.17. The first-order valence-electron chi connectivity index (χ1n) is 5.71. The Morgan fingerprint density at radius 3 is 3.00 bits per heavy atom. The fraction of sp³-hybridized carbons (Fsp3) is 0.455. The summed E-state index contributed by atoms with van der Waals surface area (Å²) in [4.78, 5) is 8.47. The number of hydrogen-bond acceptors (Lipinski definition) is 6. The van der Waals surface area contributed by atoms with Gasteiger partial charge in [0.1, 0.15) is 12.1 Å². The Morgan fingerprint density at radius 2 is 2.28 bits per heavy atom. The molecule has 0 amide bonds. The number of anilines is 1. The quantitative estimate of drug-likeness (QED) is 0.906. The van der Waals surface area contributed by atoms with Gasteiger partial charge in [-0.05, 0) is 24.3 Å². The van der Waals surface area contributed by atoms with Crippen LogP contribution in [0.4, 0.5) is 5.82 Å². The van der Waals surface area contributed by atoms with Crippen LogP contribution in [-0.2, 0) is 9.84 Å². The Kier molecular flexibility index (Phi) is 2.74. The van der Waals surface area contributed by atoms with Crippen LogP contribution in [0.25, 0.3) is 10.2 Å². The van der Waals surface area contributed by atoms with Crippen LogP contribution in [-0.4, -0.2) is 35.9 Å². The van der Waals surface area contributed by atoms with E-state index in [1.54, 1.807) is 11.3 Å². The highest BCUT2D eigenvalue weighted by Crippen LogP contribution is 2.29. The van der Waals surface area contributed by atoms with E-state index < -0.39 is 9.84 Å². The lowest BCUT2D eigenvalue weighted by molar-refractivity contribution is 0.602. The van der Waals surface area contributed by atoms with Gasteiger partial charge in [0.25, 0.3) is 0 Å². The van der Waals surface area contributed by atoms with Gasteiger partial charge < -0.3 is 5.32 Å². The van der Waals surface area contributed by atoms with Crippen molar-refractivity contribution in [3.05, 3.63) is 17.3 Å². The topological polar surface area (TPSA) is 72.0 Å². The van der Waals surface area contributed by atoms with Crippen LogP contribution in [0.15, 0.2) is 11.7 Å². The van der Waals surface area contributed by atoms with Crippen LogP contribution in [0.5, 0.6) is 0 Å². The predicted octanol–water partition coefficient (Wildman–Crippen LogP) is 1.60. The van der Waals surface area contributed by atoms with E-state index in [0.717, 1.165) is 21.6 Å². The molecule has 3 heterocycles. The highest BCUT2D eigenvalue weighted by atomic mass is 32.2. The number of aryl methyl sites for hydroxylation is 1. The molecule has 1 aliphatic rings. The third-order valence-corrected chi connectivity index (χ3v) is 5.97. The number of aromatic nitrogens is 2. The smallest absolute Gasteiger partial charge is 0.152 e. The molecule has 0 bridgehead atoms. The van der Waals surface area contributed by atoms with E-state index >= 15 is 0 Å². The molecule has 2 aromatic rings. The fourth-order valence-electron chi connectivity index (χ4n) is 2.17. The minimum Gasteiger partial charge on any atom is -0.365 e. The van der Waals surface area contributed by atoms with Crippen molar-refractivity contribution in [2.24, 2.45) is 0 Å². The molecule has 0 aliphatic carbocycles. The number of hydrogen-bond donors (Lipinski definition) is 1. The normalized spacial score (nSPS) is 22.4. The maximum absolute atomic E-state index is 11.4. The molecule has 7 heteroatoms. The second-order valence-electron chi connectivity index (χ2n) is 4.56. The van der Waals surface area contributed by atoms with Gasteiger partial charge in [-0.25, -0.2) is 18.4 Å². The van der Waals surface area contributed by atoms with Crippen molar-refractivity contribution in [1.29, 1.82) is 0 Å². The molecule has 1 saturated heterocycles. The van der Waals surface area contributed by atoms with Gasteiger partial charge in [-0.2, -0.15) is 0 Å². The molecule has 1 N–H and O–H groups in total. The van der Waals surface area contributed by atoms with Crippen LogP contribution >= 0.6 is 11.3 Å². The third kappa shape index (κ3) is 2.08. The Balaban J connectivity index is 1.92. The zero-order chi connectivity index (χ0) is 12.8. The van der Waals surface area contributed by atoms with Crippen LogP contribution < -0.4 is 5.32 Å². The summed E-state index contributed by atoms with van der Waals surface area (Å²) < 4.78 is 23.9. The van der Waals surface area contributed by atoms with Crippen molar-refractivity contribution in [1.82, 2.24) is 9.97 Å². The molecule has 1 aliphatic heterocycles. The summed E-state index contributed by atoms with van der Waals surface area (Å²) in [5.41, 5.74) is 2.07. The van der Waals surface area contributed by atoms with Gasteiger partial charge in [0.2, 0.25) is 0 Å². The molecule has 1 fully saturated rings. The average Bonchev–Trinajstić information content (AvgIpc) is 2.84. The monoisotopic (exact) mass is 283 g/mol. The lowest BCUT2D eigenvalue weighted by Gasteiger charge is -2.11. The summed E-state index contributed by atoms with van der Waals surface area (Å²) in [5, 5.41) is 5.27. The molecule has 5 nitrogen and oxygen atoms in total. The molecular weight excluding hydrogens is 270 g/mol. The summed E-state index contributed by atoms with van der Waals surface area (Å²) in [6.45, 7) is 2.01. The van der Waals surface area contributed by atoms with E-state index in [0.29, 0.717) is 6.42 Å². The van der Waals surface area contributed by atoms with Gasteiger partial charge in [-0.3, -0.25) is 0 Å². The standard InChI is InChI=1S/C11H13N3O2S2/c1-7-4-17-10-9(7)12-6-13-11(10)14-8-2-3-18(15,16)5-8/h4,6,8H,2-3,5H2,1H3,(H,12,13,14)/t8-/m1/s1. The number of nitrogens with one attached hydrogen (secondary N) is 1. The molecule has 0 unspecified atom stereocenters. The van der Waals surface area contributed by atoms with E-state index in [4.69, 9.17) is 0 Å². The number of rotatable bonds is 2. The lowest BCUT2D eigenvalue weighted by atomic mass is 10.2. The van der Waals surface area contributed by atoms with Gasteiger partial charge in [0, 0.05) is 6.04 Å². The molecule has 96 valence electrons. The van der Waals surface area contributed by atoms with Crippen LogP contribution in [0.2, 0.25) is 0 Å². The Morgan fingerprint density at radius 1 is 1.44 bits per heavy atom. The SMILES string of the molecule is Cc1csc2c(N[C@@H]3CCS(=O)(=O)C3)ncnc12. The maximum atomic E-state index is 11.4. The number of fused-ring (bicyclic) bond motifs is 1. The molecule has 1 atom stereocenters. The summed E-state index contributed by atoms with van der Waals surface area (Å²) in [6, 6.07) is -0.0319. The van der Waals surface area contributed by atoms with E-state index in [9.17, 15) is 8.42 Å². The van der Waals surface area contributed by atoms with Gasteiger partial charge in [0.15, 0.2) is 9.84 Å². The van der Waals surface area contributed by atoms with Crippen molar-refractivity contribution in [2.45, 2.75) is 19.4 Å². The molecule has 2 aromatic heterocycles. The van der Waals surface area contributed by atoms with Gasteiger partial charge in [-0.15, -0.1) is 11.3 Å². The molecular formula is C11H13N3O2S2. The predicted molar refractivity (Wildman–Crippen MR) is 72.8 cm³/mol. The van der Waals surface area contributed by atoms with Gasteiger partial charge in [-0.1, -0.05) is 0 Å². The molecule has 0 saturated carbocycles. The van der Waals surface area contributed by atoms with Crippen molar-refractivity contribution in [3.63, 3.8) is 0 Å². The van der Waals surface area contributed by atoms with Crippen LogP contribution in [0.3, 0.4) is 0 Å². The van der Waals surface area contributed by atoms with Crippen LogP contribution in [0, 0.1) is 6.92 Å². The van der Waals surface area contributed by atoms with E-state index in [-0.39, 0.29) is 17.5 Å². The summed E-state index contributed by atoms with van der Waals surface area (Å²) >= 11 is 1.59. The third-order valence-electron chi connectivity index (χ3n) is 3.10. The minimum atomic E-state index is -2.87. The number of thiophene rings is 1. The second-order valence-corrected chi connectivity index (χ2v) is 7.67. The Hall–Kier alpha value is -1.21. The van der Waals surface area contributed by atoms with E-state index in [1.165, 1.54) is 6.33 Å². The number of sulfone groups is 1. The van der Waals surface area contributed by atoms with E-state index in [1.807, 2.05) is 12.3 Å². The van der Waals surface area contributed by atoms with Crippen molar-refractivity contribution < 1.29 is 8.42 Å². The zero-order valence-corrected chi connectivity index (χ0v) is 11.5. The molecule has 3 rings (SSSR count). The Labute approximate surface area is 109 Å². The van der Waals surface area contributed by atoms with E-state index in [2.05, 4.69) is 15.3 Å². The summed E-state index contributed by atoms with van der Waals surface area (Å²) in [7, 11) is -2.87.